The normalized spacial score (nSPS) is 11.5. The van der Waals surface area contributed by atoms with Gasteiger partial charge < -0.3 is 15.4 Å². The fourth-order valence-corrected chi connectivity index (χ4v) is 3.31. The van der Waals surface area contributed by atoms with Crippen molar-refractivity contribution in [2.24, 2.45) is 0 Å². The first kappa shape index (κ1) is 19.8. The molecule has 0 aliphatic heterocycles. The Morgan fingerprint density at radius 2 is 1.69 bits per heavy atom. The quantitative estimate of drug-likeness (QED) is 0.730. The van der Waals surface area contributed by atoms with E-state index in [0.717, 1.165) is 27.5 Å². The number of carbonyl (C=O) groups is 2. The summed E-state index contributed by atoms with van der Waals surface area (Å²) < 4.78 is 5.12. The molecule has 2 aromatic rings. The van der Waals surface area contributed by atoms with Gasteiger partial charge in [-0.1, -0.05) is 18.2 Å². The lowest BCUT2D eigenvalue weighted by Gasteiger charge is -2.14. The molecule has 0 fully saturated rings. The third kappa shape index (κ3) is 5.52. The van der Waals surface area contributed by atoms with Crippen LogP contribution in [0.15, 0.2) is 47.4 Å². The van der Waals surface area contributed by atoms with Crippen LogP contribution < -0.4 is 15.4 Å². The third-order valence-corrected chi connectivity index (χ3v) is 5.02. The molecule has 0 radical (unpaired) electrons. The summed E-state index contributed by atoms with van der Waals surface area (Å²) in [5.74, 6) is 0.356. The molecule has 0 saturated heterocycles. The fourth-order valence-electron chi connectivity index (χ4n) is 2.42. The molecule has 0 aromatic heterocycles. The number of amides is 2. The molecule has 0 aliphatic rings. The number of para-hydroxylation sites is 1. The van der Waals surface area contributed by atoms with Crippen LogP contribution in [0.3, 0.4) is 0 Å². The molecule has 1 atom stereocenters. The van der Waals surface area contributed by atoms with Gasteiger partial charge in [0.1, 0.15) is 5.75 Å². The topological polar surface area (TPSA) is 67.4 Å². The van der Waals surface area contributed by atoms with Gasteiger partial charge in [-0.25, -0.2) is 0 Å². The standard InChI is InChI=1S/C20H24N2O3S/c1-13-6-5-7-14(2)19(13)22-18(23)12-21-20(24)15(3)26-17-10-8-16(25-4)9-11-17/h5-11,15H,12H2,1-4H3,(H,21,24)(H,22,23)/t15-/m0/s1. The summed E-state index contributed by atoms with van der Waals surface area (Å²) in [6.45, 7) is 5.64. The second-order valence-electron chi connectivity index (χ2n) is 5.97. The molecule has 0 saturated carbocycles. The van der Waals surface area contributed by atoms with Gasteiger partial charge in [0.25, 0.3) is 0 Å². The van der Waals surface area contributed by atoms with E-state index in [9.17, 15) is 9.59 Å². The first-order valence-corrected chi connectivity index (χ1v) is 9.23. The summed E-state index contributed by atoms with van der Waals surface area (Å²) in [7, 11) is 1.61. The summed E-state index contributed by atoms with van der Waals surface area (Å²) in [5.41, 5.74) is 2.79. The minimum Gasteiger partial charge on any atom is -0.497 e. The molecular weight excluding hydrogens is 348 g/mol. The Balaban J connectivity index is 1.83. The summed E-state index contributed by atoms with van der Waals surface area (Å²) in [6.07, 6.45) is 0. The Kier molecular flexibility index (Phi) is 7.09. The minimum absolute atomic E-state index is 0.0554. The Hall–Kier alpha value is -2.47. The number of anilines is 1. The molecule has 0 aliphatic carbocycles. The van der Waals surface area contributed by atoms with Gasteiger partial charge in [-0.3, -0.25) is 9.59 Å². The number of thioether (sulfide) groups is 1. The van der Waals surface area contributed by atoms with Gasteiger partial charge in [-0.05, 0) is 56.2 Å². The fraction of sp³-hybridized carbons (Fsp3) is 0.300. The lowest BCUT2D eigenvalue weighted by atomic mass is 10.1. The van der Waals surface area contributed by atoms with Crippen molar-refractivity contribution in [1.82, 2.24) is 5.32 Å². The van der Waals surface area contributed by atoms with Gasteiger partial charge >= 0.3 is 0 Å². The van der Waals surface area contributed by atoms with Crippen molar-refractivity contribution in [3.8, 4) is 5.75 Å². The molecule has 5 nitrogen and oxygen atoms in total. The van der Waals surface area contributed by atoms with Crippen molar-refractivity contribution in [1.29, 1.82) is 0 Å². The maximum Gasteiger partial charge on any atom is 0.243 e. The van der Waals surface area contributed by atoms with Crippen molar-refractivity contribution >= 4 is 29.3 Å². The predicted molar refractivity (Wildman–Crippen MR) is 106 cm³/mol. The van der Waals surface area contributed by atoms with E-state index < -0.39 is 0 Å². The van der Waals surface area contributed by atoms with Crippen LogP contribution in [0.25, 0.3) is 0 Å². The van der Waals surface area contributed by atoms with Gasteiger partial charge in [0.05, 0.1) is 18.9 Å². The summed E-state index contributed by atoms with van der Waals surface area (Å²) in [6, 6.07) is 13.3. The third-order valence-electron chi connectivity index (χ3n) is 3.91. The van der Waals surface area contributed by atoms with Crippen molar-refractivity contribution < 1.29 is 14.3 Å². The van der Waals surface area contributed by atoms with Crippen LogP contribution in [0.1, 0.15) is 18.1 Å². The Morgan fingerprint density at radius 1 is 1.08 bits per heavy atom. The van der Waals surface area contributed by atoms with Crippen LogP contribution in [0.2, 0.25) is 0 Å². The lowest BCUT2D eigenvalue weighted by molar-refractivity contribution is -0.123. The first-order chi connectivity index (χ1) is 12.4. The Labute approximate surface area is 158 Å². The van der Waals surface area contributed by atoms with E-state index in [2.05, 4.69) is 10.6 Å². The zero-order valence-corrected chi connectivity index (χ0v) is 16.3. The number of carbonyl (C=O) groups excluding carboxylic acids is 2. The minimum atomic E-state index is -0.309. The second kappa shape index (κ2) is 9.29. The van der Waals surface area contributed by atoms with E-state index in [1.165, 1.54) is 11.8 Å². The highest BCUT2D eigenvalue weighted by molar-refractivity contribution is 8.00. The van der Waals surface area contributed by atoms with E-state index in [1.807, 2.05) is 63.2 Å². The zero-order valence-electron chi connectivity index (χ0n) is 15.5. The number of nitrogens with one attached hydrogen (secondary N) is 2. The average molecular weight is 372 g/mol. The zero-order chi connectivity index (χ0) is 19.1. The summed E-state index contributed by atoms with van der Waals surface area (Å²) >= 11 is 1.43. The van der Waals surface area contributed by atoms with E-state index in [1.54, 1.807) is 7.11 Å². The second-order valence-corrected chi connectivity index (χ2v) is 7.38. The molecule has 6 heteroatoms. The van der Waals surface area contributed by atoms with Gasteiger partial charge in [-0.2, -0.15) is 0 Å². The molecule has 138 valence electrons. The molecule has 0 bridgehead atoms. The molecule has 0 unspecified atom stereocenters. The monoisotopic (exact) mass is 372 g/mol. The van der Waals surface area contributed by atoms with Gasteiger partial charge in [0.15, 0.2) is 0 Å². The molecule has 2 amide bonds. The van der Waals surface area contributed by atoms with Crippen molar-refractivity contribution in [3.63, 3.8) is 0 Å². The van der Waals surface area contributed by atoms with Crippen molar-refractivity contribution in [2.75, 3.05) is 19.0 Å². The summed E-state index contributed by atoms with van der Waals surface area (Å²) in [4.78, 5) is 25.3. The molecule has 2 aromatic carbocycles. The number of methoxy groups -OCH3 is 1. The van der Waals surface area contributed by atoms with Crippen LogP contribution in [0, 0.1) is 13.8 Å². The maximum absolute atomic E-state index is 12.2. The number of hydrogen-bond acceptors (Lipinski definition) is 4. The lowest BCUT2D eigenvalue weighted by Crippen LogP contribution is -2.37. The van der Waals surface area contributed by atoms with E-state index in [-0.39, 0.29) is 23.6 Å². The molecule has 2 N–H and O–H groups in total. The van der Waals surface area contributed by atoms with Crippen molar-refractivity contribution in [3.05, 3.63) is 53.6 Å². The van der Waals surface area contributed by atoms with Crippen LogP contribution >= 0.6 is 11.8 Å². The molecular formula is C20H24N2O3S. The highest BCUT2D eigenvalue weighted by Crippen LogP contribution is 2.25. The van der Waals surface area contributed by atoms with E-state index >= 15 is 0 Å². The van der Waals surface area contributed by atoms with Crippen LogP contribution in [-0.2, 0) is 9.59 Å². The van der Waals surface area contributed by atoms with Crippen LogP contribution in [0.4, 0.5) is 5.69 Å². The van der Waals surface area contributed by atoms with Gasteiger partial charge in [0, 0.05) is 10.6 Å². The highest BCUT2D eigenvalue weighted by Gasteiger charge is 2.16. The number of benzene rings is 2. The highest BCUT2D eigenvalue weighted by atomic mass is 32.2. The van der Waals surface area contributed by atoms with Crippen molar-refractivity contribution in [2.45, 2.75) is 30.9 Å². The molecule has 0 spiro atoms. The molecule has 2 rings (SSSR count). The number of rotatable bonds is 7. The van der Waals surface area contributed by atoms with Gasteiger partial charge in [0.2, 0.25) is 11.8 Å². The Bertz CT molecular complexity index is 755. The predicted octanol–water partition coefficient (Wildman–Crippen LogP) is 3.55. The maximum atomic E-state index is 12.2. The smallest absolute Gasteiger partial charge is 0.243 e. The van der Waals surface area contributed by atoms with Gasteiger partial charge in [-0.15, -0.1) is 11.8 Å². The number of hydrogen-bond donors (Lipinski definition) is 2. The van der Waals surface area contributed by atoms with Crippen LogP contribution in [0.5, 0.6) is 5.75 Å². The average Bonchev–Trinajstić information content (AvgIpc) is 2.63. The molecule has 0 heterocycles. The number of ether oxygens (including phenoxy) is 1. The largest absolute Gasteiger partial charge is 0.497 e. The van der Waals surface area contributed by atoms with E-state index in [0.29, 0.717) is 0 Å². The SMILES string of the molecule is COc1ccc(S[C@@H](C)C(=O)NCC(=O)Nc2c(C)cccc2C)cc1. The first-order valence-electron chi connectivity index (χ1n) is 8.35. The number of aryl methyl sites for hydroxylation is 2. The Morgan fingerprint density at radius 3 is 2.27 bits per heavy atom. The van der Waals surface area contributed by atoms with E-state index in [4.69, 9.17) is 4.74 Å². The summed E-state index contributed by atoms with van der Waals surface area (Å²) in [5, 5.41) is 5.24. The molecule has 26 heavy (non-hydrogen) atoms. The van der Waals surface area contributed by atoms with Crippen LogP contribution in [-0.4, -0.2) is 30.7 Å².